The van der Waals surface area contributed by atoms with Crippen LogP contribution in [0.3, 0.4) is 0 Å². The van der Waals surface area contributed by atoms with Gasteiger partial charge < -0.3 is 14.3 Å². The van der Waals surface area contributed by atoms with Crippen LogP contribution in [0.2, 0.25) is 0 Å². The lowest BCUT2D eigenvalue weighted by atomic mass is 10.2. The number of ether oxygens (including phenoxy) is 2. The van der Waals surface area contributed by atoms with E-state index in [0.29, 0.717) is 32.0 Å². The Morgan fingerprint density at radius 1 is 1.57 bits per heavy atom. The molecule has 0 aromatic carbocycles. The van der Waals surface area contributed by atoms with E-state index in [-0.39, 0.29) is 6.10 Å². The number of carbonyl (C=O) groups excluding carboxylic acids is 1. The molecular weight excluding hydrogens is 186 g/mol. The van der Waals surface area contributed by atoms with E-state index in [1.165, 1.54) is 0 Å². The minimum absolute atomic E-state index is 0.144. The Hall–Kier alpha value is -1.10. The van der Waals surface area contributed by atoms with Gasteiger partial charge in [0, 0.05) is 13.0 Å². The highest BCUT2D eigenvalue weighted by Crippen LogP contribution is 2.11. The van der Waals surface area contributed by atoms with E-state index >= 15 is 0 Å². The molecule has 1 atom stereocenters. The summed E-state index contributed by atoms with van der Waals surface area (Å²) in [6, 6.07) is 0. The topological polar surface area (TPSA) is 57.1 Å². The molecule has 0 saturated carbocycles. The maximum absolute atomic E-state index is 11.2. The Morgan fingerprint density at radius 3 is 3.00 bits per heavy atom. The van der Waals surface area contributed by atoms with Gasteiger partial charge in [-0.25, -0.2) is 4.79 Å². The Bertz CT molecular complexity index is 227. The summed E-state index contributed by atoms with van der Waals surface area (Å²) in [5.41, 5.74) is 0.344. The maximum Gasteiger partial charge on any atom is 0.356 e. The van der Waals surface area contributed by atoms with Crippen LogP contribution in [0.4, 0.5) is 0 Å². The van der Waals surface area contributed by atoms with Crippen LogP contribution in [-0.2, 0) is 19.1 Å². The molecule has 0 aromatic heterocycles. The molecule has 0 spiro atoms. The van der Waals surface area contributed by atoms with Crippen LogP contribution in [0.15, 0.2) is 5.16 Å². The van der Waals surface area contributed by atoms with Gasteiger partial charge in [0.15, 0.2) is 11.8 Å². The molecule has 1 aliphatic heterocycles. The SMILES string of the molecule is CCOCC1CC(C(=O)OCC)=NO1. The fraction of sp³-hybridized carbons (Fsp3) is 0.778. The first-order valence-corrected chi connectivity index (χ1v) is 4.75. The zero-order valence-electron chi connectivity index (χ0n) is 8.49. The van der Waals surface area contributed by atoms with Crippen molar-refractivity contribution in [3.63, 3.8) is 0 Å². The lowest BCUT2D eigenvalue weighted by Crippen LogP contribution is -2.20. The Kier molecular flexibility index (Phi) is 4.39. The first-order valence-electron chi connectivity index (χ1n) is 4.75. The molecule has 0 bridgehead atoms. The predicted octanol–water partition coefficient (Wildman–Crippen LogP) is 0.731. The van der Waals surface area contributed by atoms with Gasteiger partial charge in [-0.2, -0.15) is 0 Å². The van der Waals surface area contributed by atoms with E-state index < -0.39 is 5.97 Å². The molecule has 0 N–H and O–H groups in total. The van der Waals surface area contributed by atoms with Gasteiger partial charge in [-0.3, -0.25) is 0 Å². The van der Waals surface area contributed by atoms with Crippen LogP contribution in [0.25, 0.3) is 0 Å². The van der Waals surface area contributed by atoms with Crippen LogP contribution in [-0.4, -0.2) is 37.6 Å². The minimum Gasteiger partial charge on any atom is -0.461 e. The number of rotatable bonds is 5. The van der Waals surface area contributed by atoms with Gasteiger partial charge in [0.25, 0.3) is 0 Å². The van der Waals surface area contributed by atoms with Crippen molar-refractivity contribution in [1.82, 2.24) is 0 Å². The molecule has 0 radical (unpaired) electrons. The van der Waals surface area contributed by atoms with Gasteiger partial charge in [0.1, 0.15) is 0 Å². The third-order valence-corrected chi connectivity index (χ3v) is 1.75. The van der Waals surface area contributed by atoms with E-state index in [1.54, 1.807) is 6.92 Å². The van der Waals surface area contributed by atoms with Gasteiger partial charge in [-0.15, -0.1) is 0 Å². The molecule has 1 aliphatic rings. The molecule has 0 aliphatic carbocycles. The molecule has 5 heteroatoms. The Labute approximate surface area is 83.0 Å². The number of oxime groups is 1. The third-order valence-electron chi connectivity index (χ3n) is 1.75. The fourth-order valence-corrected chi connectivity index (χ4v) is 1.10. The number of esters is 1. The monoisotopic (exact) mass is 201 g/mol. The summed E-state index contributed by atoms with van der Waals surface area (Å²) in [7, 11) is 0. The van der Waals surface area contributed by atoms with Crippen molar-refractivity contribution in [3.8, 4) is 0 Å². The summed E-state index contributed by atoms with van der Waals surface area (Å²) >= 11 is 0. The standard InChI is InChI=1S/C9H15NO4/c1-3-12-6-7-5-8(10-14-7)9(11)13-4-2/h7H,3-6H2,1-2H3. The quantitative estimate of drug-likeness (QED) is 0.615. The average molecular weight is 201 g/mol. The lowest BCUT2D eigenvalue weighted by molar-refractivity contribution is -0.135. The van der Waals surface area contributed by atoms with Crippen LogP contribution >= 0.6 is 0 Å². The van der Waals surface area contributed by atoms with Crippen molar-refractivity contribution in [2.24, 2.45) is 5.16 Å². The summed E-state index contributed by atoms with van der Waals surface area (Å²) in [6.07, 6.45) is 0.327. The van der Waals surface area contributed by atoms with Gasteiger partial charge in [-0.05, 0) is 13.8 Å². The molecule has 0 saturated heterocycles. The molecule has 0 aromatic rings. The minimum atomic E-state index is -0.397. The zero-order valence-corrected chi connectivity index (χ0v) is 8.49. The van der Waals surface area contributed by atoms with Gasteiger partial charge >= 0.3 is 5.97 Å². The van der Waals surface area contributed by atoms with E-state index in [0.717, 1.165) is 0 Å². The highest BCUT2D eigenvalue weighted by atomic mass is 16.7. The molecule has 1 heterocycles. The third kappa shape index (κ3) is 2.99. The first kappa shape index (κ1) is 11.0. The Balaban J connectivity index is 2.28. The highest BCUT2D eigenvalue weighted by molar-refractivity contribution is 6.36. The second-order valence-electron chi connectivity index (χ2n) is 2.85. The molecule has 1 rings (SSSR count). The van der Waals surface area contributed by atoms with Crippen LogP contribution in [0.5, 0.6) is 0 Å². The molecule has 0 amide bonds. The smallest absolute Gasteiger partial charge is 0.356 e. The number of nitrogens with zero attached hydrogens (tertiary/aromatic N) is 1. The number of hydrogen-bond acceptors (Lipinski definition) is 5. The maximum atomic E-state index is 11.2. The van der Waals surface area contributed by atoms with Crippen LogP contribution in [0.1, 0.15) is 20.3 Å². The van der Waals surface area contributed by atoms with Gasteiger partial charge in [-0.1, -0.05) is 5.16 Å². The van der Waals surface area contributed by atoms with E-state index in [4.69, 9.17) is 14.3 Å². The highest BCUT2D eigenvalue weighted by Gasteiger charge is 2.26. The summed E-state index contributed by atoms with van der Waals surface area (Å²) in [4.78, 5) is 16.2. The largest absolute Gasteiger partial charge is 0.461 e. The number of carbonyl (C=O) groups is 1. The molecule has 0 fully saturated rings. The van der Waals surface area contributed by atoms with Gasteiger partial charge in [0.05, 0.1) is 13.2 Å². The van der Waals surface area contributed by atoms with Crippen LogP contribution in [0, 0.1) is 0 Å². The zero-order chi connectivity index (χ0) is 10.4. The van der Waals surface area contributed by atoms with Crippen molar-refractivity contribution < 1.29 is 19.1 Å². The summed E-state index contributed by atoms with van der Waals surface area (Å²) in [5.74, 6) is -0.397. The van der Waals surface area contributed by atoms with Crippen molar-refractivity contribution in [1.29, 1.82) is 0 Å². The average Bonchev–Trinajstić information content (AvgIpc) is 2.63. The molecule has 1 unspecified atom stereocenters. The van der Waals surface area contributed by atoms with Crippen molar-refractivity contribution >= 4 is 11.7 Å². The van der Waals surface area contributed by atoms with Crippen LogP contribution < -0.4 is 0 Å². The predicted molar refractivity (Wildman–Crippen MR) is 50.1 cm³/mol. The summed E-state index contributed by atoms with van der Waals surface area (Å²) in [5, 5.41) is 3.65. The second kappa shape index (κ2) is 5.59. The fourth-order valence-electron chi connectivity index (χ4n) is 1.10. The van der Waals surface area contributed by atoms with Crippen molar-refractivity contribution in [2.75, 3.05) is 19.8 Å². The summed E-state index contributed by atoms with van der Waals surface area (Å²) < 4.78 is 9.94. The molecule has 5 nitrogen and oxygen atoms in total. The normalized spacial score (nSPS) is 20.1. The second-order valence-corrected chi connectivity index (χ2v) is 2.85. The van der Waals surface area contributed by atoms with E-state index in [1.807, 2.05) is 6.92 Å². The molecule has 14 heavy (non-hydrogen) atoms. The van der Waals surface area contributed by atoms with E-state index in [9.17, 15) is 4.79 Å². The molecule has 80 valence electrons. The van der Waals surface area contributed by atoms with Gasteiger partial charge in [0.2, 0.25) is 0 Å². The van der Waals surface area contributed by atoms with Crippen molar-refractivity contribution in [3.05, 3.63) is 0 Å². The van der Waals surface area contributed by atoms with E-state index in [2.05, 4.69) is 5.16 Å². The summed E-state index contributed by atoms with van der Waals surface area (Å²) in [6.45, 7) is 5.11. The first-order chi connectivity index (χ1) is 6.77. The number of hydrogen-bond donors (Lipinski definition) is 0. The lowest BCUT2D eigenvalue weighted by Gasteiger charge is -2.06. The Morgan fingerprint density at radius 2 is 2.36 bits per heavy atom. The molecular formula is C9H15NO4. The van der Waals surface area contributed by atoms with Crippen molar-refractivity contribution in [2.45, 2.75) is 26.4 Å².